The number of rotatable bonds is 6. The van der Waals surface area contributed by atoms with Gasteiger partial charge in [-0.05, 0) is 49.4 Å². The number of carbonyl (C=O) groups is 2. The molecule has 0 atom stereocenters. The number of allylic oxidation sites excluding steroid dienone is 4. The van der Waals surface area contributed by atoms with Gasteiger partial charge in [-0.2, -0.15) is 0 Å². The lowest BCUT2D eigenvalue weighted by atomic mass is 9.71. The van der Waals surface area contributed by atoms with E-state index in [0.717, 1.165) is 55.3 Å². The number of non-ortho nitro benzene ring substituents is 1. The maximum absolute atomic E-state index is 13.2. The molecule has 0 aromatic heterocycles. The first-order chi connectivity index (χ1) is 18.6. The van der Waals surface area contributed by atoms with Crippen molar-refractivity contribution in [3.63, 3.8) is 0 Å². The monoisotopic (exact) mass is 553 g/mol. The molecule has 0 spiro atoms. The number of nitrogens with zero attached hydrogens (tertiary/aromatic N) is 3. The third kappa shape index (κ3) is 4.52. The van der Waals surface area contributed by atoms with E-state index < -0.39 is 27.1 Å². The zero-order valence-electron chi connectivity index (χ0n) is 21.2. The predicted octanol–water partition coefficient (Wildman–Crippen LogP) is 6.00. The van der Waals surface area contributed by atoms with Crippen LogP contribution in [-0.4, -0.2) is 40.5 Å². The third-order valence-corrected chi connectivity index (χ3v) is 7.67. The molecule has 202 valence electrons. The van der Waals surface area contributed by atoms with E-state index in [1.165, 1.54) is 7.11 Å². The number of nitro groups is 2. The maximum atomic E-state index is 13.2. The molecule has 5 rings (SSSR count). The number of hydrogen-bond acceptors (Lipinski definition) is 9. The van der Waals surface area contributed by atoms with E-state index in [4.69, 9.17) is 21.1 Å². The summed E-state index contributed by atoms with van der Waals surface area (Å²) in [5.41, 5.74) is 2.45. The molecule has 3 aliphatic rings. The molecule has 1 heterocycles. The number of nitro benzene ring substituents is 2. The van der Waals surface area contributed by atoms with Gasteiger partial charge in [-0.25, -0.2) is 0 Å². The summed E-state index contributed by atoms with van der Waals surface area (Å²) in [7, 11) is 3.27. The average molecular weight is 554 g/mol. The number of benzene rings is 2. The van der Waals surface area contributed by atoms with E-state index in [1.54, 1.807) is 12.1 Å². The van der Waals surface area contributed by atoms with Crippen LogP contribution in [0.4, 0.5) is 11.4 Å². The molecular weight excluding hydrogens is 530 g/mol. The summed E-state index contributed by atoms with van der Waals surface area (Å²) in [6.07, 6.45) is 3.67. The number of ketones is 2. The fourth-order valence-electron chi connectivity index (χ4n) is 5.65. The summed E-state index contributed by atoms with van der Waals surface area (Å²) in [6, 6.07) is 6.19. The van der Waals surface area contributed by atoms with Crippen LogP contribution in [0.25, 0.3) is 0 Å². The van der Waals surface area contributed by atoms with Crippen LogP contribution in [0.1, 0.15) is 50.0 Å². The summed E-state index contributed by atoms with van der Waals surface area (Å²) in [4.78, 5) is 49.7. The number of hydrogen-bond donors (Lipinski definition) is 0. The summed E-state index contributed by atoms with van der Waals surface area (Å²) in [6.45, 7) is 0. The maximum Gasteiger partial charge on any atom is 0.318 e. The summed E-state index contributed by atoms with van der Waals surface area (Å²) >= 11 is 6.65. The number of ether oxygens (including phenoxy) is 2. The molecule has 0 unspecified atom stereocenters. The minimum Gasteiger partial charge on any atom is -0.493 e. The Hall–Kier alpha value is -4.25. The standard InChI is InChI=1S/C27H24ClN3O8/c1-29-17-5-3-7-20(32)25(17)24(26-18(29)6-4-8-21(26)33)14-11-16(28)27(23(12-14)38-2)39-22-10-9-15(30(34)35)13-19(22)31(36)37/h9-13,24H,3-8H2,1-2H3. The second-order valence-electron chi connectivity index (χ2n) is 9.57. The molecule has 11 nitrogen and oxygen atoms in total. The van der Waals surface area contributed by atoms with Crippen LogP contribution in [0, 0.1) is 20.2 Å². The summed E-state index contributed by atoms with van der Waals surface area (Å²) < 4.78 is 11.3. The van der Waals surface area contributed by atoms with E-state index in [-0.39, 0.29) is 33.8 Å². The van der Waals surface area contributed by atoms with E-state index in [0.29, 0.717) is 29.6 Å². The first kappa shape index (κ1) is 26.4. The van der Waals surface area contributed by atoms with Crippen LogP contribution >= 0.6 is 11.6 Å². The van der Waals surface area contributed by atoms with Crippen molar-refractivity contribution < 1.29 is 28.9 Å². The van der Waals surface area contributed by atoms with Crippen molar-refractivity contribution in [2.45, 2.75) is 44.4 Å². The van der Waals surface area contributed by atoms with Crippen LogP contribution in [0.2, 0.25) is 5.02 Å². The lowest BCUT2D eigenvalue weighted by Gasteiger charge is -2.42. The van der Waals surface area contributed by atoms with Crippen LogP contribution in [0.5, 0.6) is 17.2 Å². The van der Waals surface area contributed by atoms with Crippen molar-refractivity contribution in [3.8, 4) is 17.2 Å². The molecular formula is C27H24ClN3O8. The van der Waals surface area contributed by atoms with Gasteiger partial charge in [0, 0.05) is 54.4 Å². The molecule has 2 aromatic rings. The molecule has 12 heteroatoms. The normalized spacial score (nSPS) is 17.7. The fraction of sp³-hybridized carbons (Fsp3) is 0.333. The molecule has 0 saturated heterocycles. The Labute approximate surface area is 227 Å². The first-order valence-corrected chi connectivity index (χ1v) is 12.7. The van der Waals surface area contributed by atoms with Crippen molar-refractivity contribution >= 4 is 34.5 Å². The Bertz CT molecular complexity index is 1470. The Morgan fingerprint density at radius 2 is 1.51 bits per heavy atom. The van der Waals surface area contributed by atoms with E-state index >= 15 is 0 Å². The minimum absolute atomic E-state index is 0.0186. The molecule has 0 saturated carbocycles. The Balaban J connectivity index is 1.64. The third-order valence-electron chi connectivity index (χ3n) is 7.39. The largest absolute Gasteiger partial charge is 0.493 e. The van der Waals surface area contributed by atoms with Crippen molar-refractivity contribution in [1.29, 1.82) is 0 Å². The van der Waals surface area contributed by atoms with E-state index in [1.807, 2.05) is 11.9 Å². The molecule has 2 aliphatic carbocycles. The van der Waals surface area contributed by atoms with Gasteiger partial charge in [0.15, 0.2) is 23.1 Å². The Morgan fingerprint density at radius 1 is 0.897 bits per heavy atom. The van der Waals surface area contributed by atoms with Crippen molar-refractivity contribution in [2.75, 3.05) is 14.2 Å². The van der Waals surface area contributed by atoms with Crippen LogP contribution in [0.15, 0.2) is 52.9 Å². The topological polar surface area (TPSA) is 142 Å². The SMILES string of the molecule is COc1cc(C2C3=C(CCCC3=O)N(C)C3=C2C(=O)CCC3)cc(Cl)c1Oc1ccc([N+](=O)[O-])cc1[N+](=O)[O-]. The van der Waals surface area contributed by atoms with E-state index in [9.17, 15) is 29.8 Å². The first-order valence-electron chi connectivity index (χ1n) is 12.4. The van der Waals surface area contributed by atoms with Gasteiger partial charge in [0.05, 0.1) is 28.0 Å². The average Bonchev–Trinajstić information content (AvgIpc) is 2.90. The predicted molar refractivity (Wildman–Crippen MR) is 140 cm³/mol. The lowest BCUT2D eigenvalue weighted by molar-refractivity contribution is -0.394. The highest BCUT2D eigenvalue weighted by molar-refractivity contribution is 6.32. The lowest BCUT2D eigenvalue weighted by Crippen LogP contribution is -2.37. The zero-order valence-corrected chi connectivity index (χ0v) is 21.9. The summed E-state index contributed by atoms with van der Waals surface area (Å²) in [5.74, 6) is -0.843. The molecule has 0 fully saturated rings. The van der Waals surface area contributed by atoms with Crippen molar-refractivity contribution in [3.05, 3.63) is 83.7 Å². The van der Waals surface area contributed by atoms with Gasteiger partial charge >= 0.3 is 5.69 Å². The number of halogens is 1. The highest BCUT2D eigenvalue weighted by Gasteiger charge is 2.42. The fourth-order valence-corrected chi connectivity index (χ4v) is 5.91. The number of Topliss-reactive ketones (excluding diaryl/α,β-unsaturated/α-hetero) is 2. The smallest absolute Gasteiger partial charge is 0.318 e. The molecule has 0 amide bonds. The molecule has 2 aromatic carbocycles. The van der Waals surface area contributed by atoms with Gasteiger partial charge in [0.25, 0.3) is 5.69 Å². The van der Waals surface area contributed by atoms with Gasteiger partial charge in [0.2, 0.25) is 5.75 Å². The summed E-state index contributed by atoms with van der Waals surface area (Å²) in [5, 5.41) is 22.7. The highest BCUT2D eigenvalue weighted by atomic mass is 35.5. The van der Waals surface area contributed by atoms with Gasteiger partial charge in [-0.1, -0.05) is 11.6 Å². The molecule has 0 N–H and O–H groups in total. The van der Waals surface area contributed by atoms with Gasteiger partial charge in [0.1, 0.15) is 0 Å². The zero-order chi connectivity index (χ0) is 28.0. The highest BCUT2D eigenvalue weighted by Crippen LogP contribution is 2.51. The van der Waals surface area contributed by atoms with Gasteiger partial charge < -0.3 is 14.4 Å². The van der Waals surface area contributed by atoms with Gasteiger partial charge in [-0.3, -0.25) is 29.8 Å². The molecule has 1 aliphatic heterocycles. The second kappa shape index (κ2) is 10.1. The van der Waals surface area contributed by atoms with Crippen LogP contribution in [-0.2, 0) is 9.59 Å². The number of methoxy groups -OCH3 is 1. The number of carbonyl (C=O) groups excluding carboxylic acids is 2. The second-order valence-corrected chi connectivity index (χ2v) is 9.98. The Morgan fingerprint density at radius 3 is 2.05 bits per heavy atom. The minimum atomic E-state index is -0.791. The van der Waals surface area contributed by atoms with Crippen LogP contribution < -0.4 is 9.47 Å². The molecule has 39 heavy (non-hydrogen) atoms. The molecule has 0 bridgehead atoms. The van der Waals surface area contributed by atoms with Crippen LogP contribution in [0.3, 0.4) is 0 Å². The van der Waals surface area contributed by atoms with E-state index in [2.05, 4.69) is 0 Å². The molecule has 0 radical (unpaired) electrons. The van der Waals surface area contributed by atoms with Crippen molar-refractivity contribution in [1.82, 2.24) is 4.90 Å². The quantitative estimate of drug-likeness (QED) is 0.311. The Kier molecular flexibility index (Phi) is 6.85. The van der Waals surface area contributed by atoms with Gasteiger partial charge in [-0.15, -0.1) is 0 Å². The van der Waals surface area contributed by atoms with Crippen molar-refractivity contribution in [2.24, 2.45) is 0 Å².